The molecule has 0 saturated carbocycles. The van der Waals surface area contributed by atoms with Crippen LogP contribution in [-0.4, -0.2) is 157 Å². The van der Waals surface area contributed by atoms with Gasteiger partial charge in [-0.3, -0.25) is 0 Å². The van der Waals surface area contributed by atoms with E-state index < -0.39 is 0 Å². The van der Waals surface area contributed by atoms with Crippen molar-refractivity contribution in [1.29, 1.82) is 0 Å². The fraction of sp³-hybridized carbons (Fsp3) is 0.788. The lowest BCUT2D eigenvalue weighted by molar-refractivity contribution is -0.0269. The predicted molar refractivity (Wildman–Crippen MR) is 182 cm³/mol. The van der Waals surface area contributed by atoms with E-state index in [4.69, 9.17) is 52.1 Å². The smallest absolute Gasteiger partial charge is 0.338 e. The van der Waals surface area contributed by atoms with E-state index in [1.807, 2.05) is 12.1 Å². The molecule has 0 aliphatic heterocycles. The lowest BCUT2D eigenvalue weighted by Gasteiger charge is -2.09. The minimum atomic E-state index is -0.360. The van der Waals surface area contributed by atoms with Gasteiger partial charge in [0.15, 0.2) is 0 Å². The molecule has 0 saturated heterocycles. The van der Waals surface area contributed by atoms with Crippen LogP contribution < -0.4 is 5.32 Å². The fourth-order valence-corrected chi connectivity index (χ4v) is 3.78. The first-order valence-electron chi connectivity index (χ1n) is 16.6. The second kappa shape index (κ2) is 35.9. The van der Waals surface area contributed by atoms with Gasteiger partial charge in [-0.05, 0) is 30.7 Å². The normalized spacial score (nSPS) is 11.3. The number of anilines is 1. The van der Waals surface area contributed by atoms with Crippen LogP contribution in [0, 0.1) is 0 Å². The maximum atomic E-state index is 12.1. The second-order valence-corrected chi connectivity index (χ2v) is 10.6. The number of benzene rings is 1. The van der Waals surface area contributed by atoms with E-state index in [2.05, 4.69) is 28.2 Å². The molecule has 0 amide bonds. The summed E-state index contributed by atoms with van der Waals surface area (Å²) in [6.07, 6.45) is 2.24. The van der Waals surface area contributed by atoms with E-state index in [9.17, 15) is 4.79 Å². The summed E-state index contributed by atoms with van der Waals surface area (Å²) in [7, 11) is 0. The number of carbonyl (C=O) groups excluding carboxylic acids is 1. The van der Waals surface area contributed by atoms with Gasteiger partial charge in [0, 0.05) is 17.6 Å². The van der Waals surface area contributed by atoms with E-state index in [-0.39, 0.29) is 12.6 Å². The van der Waals surface area contributed by atoms with Gasteiger partial charge in [-0.2, -0.15) is 0 Å². The highest BCUT2D eigenvalue weighted by atomic mass is 79.9. The van der Waals surface area contributed by atoms with E-state index in [0.29, 0.717) is 138 Å². The lowest BCUT2D eigenvalue weighted by Crippen LogP contribution is -2.15. The van der Waals surface area contributed by atoms with Gasteiger partial charge < -0.3 is 57.4 Å². The Hall–Kier alpha value is -1.43. The topological polar surface area (TPSA) is 131 Å². The zero-order valence-electron chi connectivity index (χ0n) is 28.3. The molecule has 0 heterocycles. The van der Waals surface area contributed by atoms with Crippen molar-refractivity contribution < 1.29 is 56.9 Å². The van der Waals surface area contributed by atoms with E-state index in [1.165, 1.54) is 0 Å². The number of unbranched alkanes of at least 4 members (excludes halogenated alkanes) is 1. The minimum absolute atomic E-state index is 0.191. The highest BCUT2D eigenvalue weighted by Gasteiger charge is 2.06. The van der Waals surface area contributed by atoms with Gasteiger partial charge in [0.2, 0.25) is 0 Å². The first-order chi connectivity index (χ1) is 23.3. The number of nitrogens with one attached hydrogen (secondary N) is 1. The second-order valence-electron chi connectivity index (χ2n) is 9.81. The van der Waals surface area contributed by atoms with E-state index >= 15 is 0 Å². The number of ether oxygens (including phenoxy) is 11. The van der Waals surface area contributed by atoms with E-state index in [0.717, 1.165) is 30.4 Å². The Bertz CT molecular complexity index is 793. The average Bonchev–Trinajstić information content (AvgIpc) is 3.09. The van der Waals surface area contributed by atoms with Crippen molar-refractivity contribution in [2.45, 2.75) is 19.8 Å². The summed E-state index contributed by atoms with van der Waals surface area (Å²) in [5.41, 5.74) is 1.52. The van der Waals surface area contributed by atoms with Crippen LogP contribution in [0.25, 0.3) is 0 Å². The Balaban J connectivity index is 1.70. The first-order valence-corrected chi connectivity index (χ1v) is 17.7. The Labute approximate surface area is 289 Å². The SMILES string of the molecule is CCCCNc1ccc(C(=O)OCCOCCOCCOCCOCCOCCOCCOCCOCCOCCOCCBr)cc1. The minimum Gasteiger partial charge on any atom is -0.460 e. The Morgan fingerprint density at radius 2 is 0.830 bits per heavy atom. The summed E-state index contributed by atoms with van der Waals surface area (Å²) < 4.78 is 59.6. The molecule has 1 N–H and O–H groups in total. The number of esters is 1. The Kier molecular flexibility index (Phi) is 33.3. The lowest BCUT2D eigenvalue weighted by atomic mass is 10.2. The quantitative estimate of drug-likeness (QED) is 0.0607. The van der Waals surface area contributed by atoms with E-state index in [1.54, 1.807) is 12.1 Å². The number of hydrogen-bond acceptors (Lipinski definition) is 13. The third-order valence-electron chi connectivity index (χ3n) is 6.01. The van der Waals surface area contributed by atoms with Crippen molar-refractivity contribution >= 4 is 27.6 Å². The first kappa shape index (κ1) is 43.6. The van der Waals surface area contributed by atoms with Crippen LogP contribution in [0.3, 0.4) is 0 Å². The molecule has 1 aromatic carbocycles. The monoisotopic (exact) mass is 739 g/mol. The van der Waals surface area contributed by atoms with Gasteiger partial charge >= 0.3 is 5.97 Å². The van der Waals surface area contributed by atoms with Crippen LogP contribution in [0.1, 0.15) is 30.1 Å². The van der Waals surface area contributed by atoms with Crippen molar-refractivity contribution in [1.82, 2.24) is 0 Å². The fourth-order valence-electron chi connectivity index (χ4n) is 3.55. The largest absolute Gasteiger partial charge is 0.460 e. The molecule has 0 unspecified atom stereocenters. The number of hydrogen-bond donors (Lipinski definition) is 1. The van der Waals surface area contributed by atoms with Crippen molar-refractivity contribution in [3.63, 3.8) is 0 Å². The zero-order chi connectivity index (χ0) is 33.7. The van der Waals surface area contributed by atoms with Crippen LogP contribution >= 0.6 is 15.9 Å². The molecular weight excluding hydrogens is 682 g/mol. The number of alkyl halides is 1. The Morgan fingerprint density at radius 3 is 1.15 bits per heavy atom. The molecule has 0 aromatic heterocycles. The number of halogens is 1. The molecule has 0 radical (unpaired) electrons. The summed E-state index contributed by atoms with van der Waals surface area (Å²) in [5, 5.41) is 4.15. The molecule has 0 aliphatic carbocycles. The molecule has 274 valence electrons. The predicted octanol–water partition coefficient (Wildman–Crippen LogP) is 3.62. The maximum Gasteiger partial charge on any atom is 0.338 e. The van der Waals surface area contributed by atoms with Crippen LogP contribution in [-0.2, 0) is 52.1 Å². The van der Waals surface area contributed by atoms with Gasteiger partial charge in [0.25, 0.3) is 0 Å². The third-order valence-corrected chi connectivity index (χ3v) is 6.33. The summed E-state index contributed by atoms with van der Waals surface area (Å²) in [4.78, 5) is 12.1. The molecule has 13 nitrogen and oxygen atoms in total. The van der Waals surface area contributed by atoms with Crippen LogP contribution in [0.15, 0.2) is 24.3 Å². The summed E-state index contributed by atoms with van der Waals surface area (Å²) in [6, 6.07) is 7.29. The number of rotatable bonds is 37. The van der Waals surface area contributed by atoms with Crippen molar-refractivity contribution in [3.8, 4) is 0 Å². The molecule has 1 aromatic rings. The van der Waals surface area contributed by atoms with Gasteiger partial charge in [0.05, 0.1) is 138 Å². The molecule has 0 aliphatic rings. The highest BCUT2D eigenvalue weighted by Crippen LogP contribution is 2.10. The van der Waals surface area contributed by atoms with Crippen molar-refractivity contribution in [3.05, 3.63) is 29.8 Å². The number of carbonyl (C=O) groups is 1. The van der Waals surface area contributed by atoms with Crippen LogP contribution in [0.5, 0.6) is 0 Å². The summed E-state index contributed by atoms with van der Waals surface area (Å²) in [5.74, 6) is -0.360. The maximum absolute atomic E-state index is 12.1. The third kappa shape index (κ3) is 30.4. The molecule has 0 spiro atoms. The standard InChI is InChI=1S/C33H58BrNO12/c1-2-3-9-35-32-6-4-31(5-7-32)33(36)47-30-29-46-28-27-45-26-25-44-24-23-43-22-21-42-20-19-41-18-17-40-16-15-39-14-13-38-12-11-37-10-8-34/h4-7,35H,2-3,8-30H2,1H3. The summed E-state index contributed by atoms with van der Waals surface area (Å²) in [6.45, 7) is 13.4. The molecule has 14 heteroatoms. The van der Waals surface area contributed by atoms with Gasteiger partial charge in [-0.15, -0.1) is 0 Å². The van der Waals surface area contributed by atoms with Gasteiger partial charge in [-0.1, -0.05) is 29.3 Å². The summed E-state index contributed by atoms with van der Waals surface area (Å²) >= 11 is 3.30. The van der Waals surface area contributed by atoms with Gasteiger partial charge in [-0.25, -0.2) is 4.79 Å². The zero-order valence-corrected chi connectivity index (χ0v) is 29.9. The molecule has 47 heavy (non-hydrogen) atoms. The van der Waals surface area contributed by atoms with Gasteiger partial charge in [0.1, 0.15) is 6.61 Å². The molecule has 0 atom stereocenters. The van der Waals surface area contributed by atoms with Crippen molar-refractivity contribution in [2.24, 2.45) is 0 Å². The van der Waals surface area contributed by atoms with Crippen LogP contribution in [0.2, 0.25) is 0 Å². The molecule has 0 fully saturated rings. The molecule has 0 bridgehead atoms. The van der Waals surface area contributed by atoms with Crippen LogP contribution in [0.4, 0.5) is 5.69 Å². The Morgan fingerprint density at radius 1 is 0.511 bits per heavy atom. The average molecular weight is 741 g/mol. The highest BCUT2D eigenvalue weighted by molar-refractivity contribution is 9.09. The molecule has 1 rings (SSSR count). The van der Waals surface area contributed by atoms with Crippen molar-refractivity contribution in [2.75, 3.05) is 156 Å². The molecular formula is C33H58BrNO12.